The van der Waals surface area contributed by atoms with E-state index in [1.165, 1.54) is 4.68 Å². The van der Waals surface area contributed by atoms with Gasteiger partial charge in [0.2, 0.25) is 0 Å². The molecule has 1 amide bonds. The molecule has 0 aliphatic carbocycles. The molecule has 104 valence electrons. The molecule has 1 heterocycles. The number of nitrogens with zero attached hydrogens (tertiary/aromatic N) is 2. The summed E-state index contributed by atoms with van der Waals surface area (Å²) in [6, 6.07) is 6.59. The van der Waals surface area contributed by atoms with Crippen molar-refractivity contribution in [1.29, 1.82) is 0 Å². The van der Waals surface area contributed by atoms with Crippen molar-refractivity contribution < 1.29 is 14.3 Å². The molecule has 0 atom stereocenters. The average Bonchev–Trinajstić information content (AvgIpc) is 2.45. The number of hydrogen-bond acceptors (Lipinski definition) is 5. The third-order valence-electron chi connectivity index (χ3n) is 2.71. The third kappa shape index (κ3) is 2.51. The highest BCUT2D eigenvalue weighted by atomic mass is 16.5. The van der Waals surface area contributed by atoms with E-state index in [0.717, 1.165) is 0 Å². The van der Waals surface area contributed by atoms with E-state index in [0.29, 0.717) is 17.3 Å². The Morgan fingerprint density at radius 1 is 1.30 bits per heavy atom. The van der Waals surface area contributed by atoms with Crippen molar-refractivity contribution in [1.82, 2.24) is 9.78 Å². The molecule has 2 N–H and O–H groups in total. The molecule has 20 heavy (non-hydrogen) atoms. The molecule has 7 heteroatoms. The summed E-state index contributed by atoms with van der Waals surface area (Å²) in [6.45, 7) is 1.53. The number of carbonyl (C=O) groups is 2. The fourth-order valence-electron chi connectivity index (χ4n) is 1.81. The van der Waals surface area contributed by atoms with Crippen LogP contribution in [0.15, 0.2) is 29.1 Å². The number of fused-ring (bicyclic) bond motifs is 1. The summed E-state index contributed by atoms with van der Waals surface area (Å²) in [5, 5.41) is 4.73. The van der Waals surface area contributed by atoms with Crippen LogP contribution in [-0.4, -0.2) is 28.3 Å². The molecule has 0 saturated carbocycles. The maximum absolute atomic E-state index is 12.1. The van der Waals surface area contributed by atoms with Gasteiger partial charge >= 0.3 is 5.97 Å². The van der Waals surface area contributed by atoms with Crippen LogP contribution < -0.4 is 11.3 Å². The Morgan fingerprint density at radius 2 is 1.95 bits per heavy atom. The van der Waals surface area contributed by atoms with Crippen LogP contribution >= 0.6 is 0 Å². The molecule has 1 aromatic heterocycles. The number of hydrogen-bond donors (Lipinski definition) is 1. The van der Waals surface area contributed by atoms with Crippen LogP contribution in [0.3, 0.4) is 0 Å². The van der Waals surface area contributed by atoms with Crippen LogP contribution in [0.4, 0.5) is 0 Å². The predicted octanol–water partition coefficient (Wildman–Crippen LogP) is 0.0585. The van der Waals surface area contributed by atoms with Gasteiger partial charge in [-0.1, -0.05) is 18.2 Å². The topological polar surface area (TPSA) is 104 Å². The van der Waals surface area contributed by atoms with Gasteiger partial charge in [0.15, 0.2) is 12.3 Å². The fourth-order valence-corrected chi connectivity index (χ4v) is 1.81. The molecular weight excluding hydrogens is 262 g/mol. The summed E-state index contributed by atoms with van der Waals surface area (Å²) in [4.78, 5) is 34.7. The second kappa shape index (κ2) is 5.52. The number of esters is 1. The highest BCUT2D eigenvalue weighted by Crippen LogP contribution is 2.14. The molecule has 7 nitrogen and oxygen atoms in total. The summed E-state index contributed by atoms with van der Waals surface area (Å²) in [7, 11) is 0. The summed E-state index contributed by atoms with van der Waals surface area (Å²) >= 11 is 0. The monoisotopic (exact) mass is 275 g/mol. The highest BCUT2D eigenvalue weighted by Gasteiger charge is 2.17. The first kappa shape index (κ1) is 13.7. The van der Waals surface area contributed by atoms with Crippen molar-refractivity contribution in [2.24, 2.45) is 5.73 Å². The number of ether oxygens (including phenoxy) is 1. The minimum absolute atomic E-state index is 0.0108. The number of aromatic nitrogens is 2. The molecule has 0 aliphatic heterocycles. The third-order valence-corrected chi connectivity index (χ3v) is 2.71. The van der Waals surface area contributed by atoms with E-state index in [1.807, 2.05) is 0 Å². The second-order valence-electron chi connectivity index (χ2n) is 4.06. The Morgan fingerprint density at radius 3 is 2.55 bits per heavy atom. The summed E-state index contributed by atoms with van der Waals surface area (Å²) < 4.78 is 5.92. The van der Waals surface area contributed by atoms with Crippen molar-refractivity contribution >= 4 is 22.6 Å². The number of nitrogens with two attached hydrogens (primary N) is 1. The van der Waals surface area contributed by atoms with E-state index >= 15 is 0 Å². The maximum atomic E-state index is 12.1. The highest BCUT2D eigenvalue weighted by molar-refractivity contribution is 6.02. The Hall–Kier alpha value is -2.70. The first-order chi connectivity index (χ1) is 9.54. The number of amides is 1. The van der Waals surface area contributed by atoms with Crippen LogP contribution in [0.1, 0.15) is 17.4 Å². The molecule has 0 spiro atoms. The normalized spacial score (nSPS) is 10.4. The van der Waals surface area contributed by atoms with Crippen molar-refractivity contribution in [2.45, 2.75) is 13.5 Å². The second-order valence-corrected chi connectivity index (χ2v) is 4.06. The van der Waals surface area contributed by atoms with Gasteiger partial charge in [-0.05, 0) is 13.0 Å². The molecule has 2 rings (SSSR count). The molecule has 0 radical (unpaired) electrons. The molecule has 2 aromatic rings. The van der Waals surface area contributed by atoms with Gasteiger partial charge in [-0.15, -0.1) is 0 Å². The van der Waals surface area contributed by atoms with E-state index in [2.05, 4.69) is 5.10 Å². The lowest BCUT2D eigenvalue weighted by atomic mass is 10.1. The Kier molecular flexibility index (Phi) is 3.79. The minimum Gasteiger partial charge on any atom is -0.451 e. The standard InChI is InChI=1S/C13H13N3O4/c1-2-16-12(18)9-6-4-3-5-8(9)11(15-16)13(19)20-7-10(14)17/h3-6H,2,7H2,1H3,(H2,14,17). The number of carbonyl (C=O) groups excluding carboxylic acids is 2. The van der Waals surface area contributed by atoms with Gasteiger partial charge in [0.05, 0.1) is 5.39 Å². The average molecular weight is 275 g/mol. The predicted molar refractivity (Wildman–Crippen MR) is 71.2 cm³/mol. The van der Waals surface area contributed by atoms with Crippen molar-refractivity contribution in [3.8, 4) is 0 Å². The molecule has 1 aromatic carbocycles. The maximum Gasteiger partial charge on any atom is 0.359 e. The Balaban J connectivity index is 2.57. The zero-order valence-electron chi connectivity index (χ0n) is 10.8. The lowest BCUT2D eigenvalue weighted by molar-refractivity contribution is -0.121. The first-order valence-electron chi connectivity index (χ1n) is 6.00. The van der Waals surface area contributed by atoms with Gasteiger partial charge in [0.1, 0.15) is 0 Å². The minimum atomic E-state index is -0.790. The first-order valence-corrected chi connectivity index (χ1v) is 6.00. The summed E-state index contributed by atoms with van der Waals surface area (Å²) in [5.41, 5.74) is 4.63. The quantitative estimate of drug-likeness (QED) is 0.794. The van der Waals surface area contributed by atoms with Crippen LogP contribution in [0, 0.1) is 0 Å². The van der Waals surface area contributed by atoms with Crippen molar-refractivity contribution in [3.05, 3.63) is 40.3 Å². The Labute approximate surface area is 113 Å². The zero-order valence-corrected chi connectivity index (χ0v) is 10.8. The van der Waals surface area contributed by atoms with Crippen molar-refractivity contribution in [2.75, 3.05) is 6.61 Å². The molecule has 0 aliphatic rings. The Bertz CT molecular complexity index is 736. The van der Waals surface area contributed by atoms with Gasteiger partial charge in [0.25, 0.3) is 11.5 Å². The van der Waals surface area contributed by atoms with Crippen LogP contribution in [0.25, 0.3) is 10.8 Å². The van der Waals surface area contributed by atoms with E-state index < -0.39 is 18.5 Å². The van der Waals surface area contributed by atoms with Gasteiger partial charge in [-0.2, -0.15) is 5.10 Å². The molecule has 0 bridgehead atoms. The van der Waals surface area contributed by atoms with Crippen LogP contribution in [0.5, 0.6) is 0 Å². The van der Waals surface area contributed by atoms with E-state index in [9.17, 15) is 14.4 Å². The van der Waals surface area contributed by atoms with Gasteiger partial charge < -0.3 is 10.5 Å². The lowest BCUT2D eigenvalue weighted by Gasteiger charge is -2.08. The SMILES string of the molecule is CCn1nc(C(=O)OCC(N)=O)c2ccccc2c1=O. The van der Waals surface area contributed by atoms with E-state index in [1.54, 1.807) is 31.2 Å². The summed E-state index contributed by atoms with van der Waals surface area (Å²) in [6.07, 6.45) is 0. The number of primary amides is 1. The molecule has 0 saturated heterocycles. The summed E-state index contributed by atoms with van der Waals surface area (Å²) in [5.74, 6) is -1.55. The van der Waals surface area contributed by atoms with Crippen LogP contribution in [0.2, 0.25) is 0 Å². The lowest BCUT2D eigenvalue weighted by Crippen LogP contribution is -2.27. The van der Waals surface area contributed by atoms with E-state index in [-0.39, 0.29) is 11.3 Å². The van der Waals surface area contributed by atoms with Crippen molar-refractivity contribution in [3.63, 3.8) is 0 Å². The number of rotatable bonds is 4. The fraction of sp³-hybridized carbons (Fsp3) is 0.231. The number of benzene rings is 1. The zero-order chi connectivity index (χ0) is 14.7. The van der Waals surface area contributed by atoms with Crippen LogP contribution in [-0.2, 0) is 16.1 Å². The molecule has 0 fully saturated rings. The number of aryl methyl sites for hydroxylation is 1. The largest absolute Gasteiger partial charge is 0.451 e. The van der Waals surface area contributed by atoms with Gasteiger partial charge in [0, 0.05) is 11.9 Å². The van der Waals surface area contributed by atoms with Gasteiger partial charge in [-0.3, -0.25) is 9.59 Å². The van der Waals surface area contributed by atoms with Gasteiger partial charge in [-0.25, -0.2) is 9.48 Å². The smallest absolute Gasteiger partial charge is 0.359 e. The van der Waals surface area contributed by atoms with E-state index in [4.69, 9.17) is 10.5 Å². The molecule has 0 unspecified atom stereocenters. The molecular formula is C13H13N3O4.